The molecule has 0 heterocycles. The average Bonchev–Trinajstić information content (AvgIpc) is 1.84. The van der Waals surface area contributed by atoms with E-state index >= 15 is 0 Å². The zero-order chi connectivity index (χ0) is 7.44. The van der Waals surface area contributed by atoms with Crippen molar-refractivity contribution in [1.82, 2.24) is 0 Å². The van der Waals surface area contributed by atoms with Crippen molar-refractivity contribution in [2.45, 2.75) is 26.8 Å². The summed E-state index contributed by atoms with van der Waals surface area (Å²) in [6.45, 7) is 5.88. The summed E-state index contributed by atoms with van der Waals surface area (Å²) < 4.78 is 0. The minimum atomic E-state index is -0.00926. The molecule has 0 amide bonds. The van der Waals surface area contributed by atoms with Gasteiger partial charge in [0.25, 0.3) is 0 Å². The van der Waals surface area contributed by atoms with Gasteiger partial charge in [0.15, 0.2) is 0 Å². The van der Waals surface area contributed by atoms with Gasteiger partial charge >= 0.3 is 0 Å². The van der Waals surface area contributed by atoms with Crippen LogP contribution in [0.2, 0.25) is 0 Å². The van der Waals surface area contributed by atoms with Gasteiger partial charge in [-0.2, -0.15) is 0 Å². The lowest BCUT2D eigenvalue weighted by Crippen LogP contribution is -2.34. The molecule has 0 saturated carbocycles. The van der Waals surface area contributed by atoms with Crippen molar-refractivity contribution in [2.75, 3.05) is 0 Å². The van der Waals surface area contributed by atoms with E-state index in [9.17, 15) is 4.79 Å². The molecule has 0 fully saturated rings. The molecular weight excluding hydrogens is 114 g/mol. The predicted octanol–water partition coefficient (Wildman–Crippen LogP) is 0.805. The molecule has 0 aromatic carbocycles. The molecule has 0 saturated heterocycles. The summed E-state index contributed by atoms with van der Waals surface area (Å²) in [6, 6.07) is 0.0162. The third kappa shape index (κ3) is 2.61. The second-order valence-corrected chi connectivity index (χ2v) is 2.82. The van der Waals surface area contributed by atoms with Crippen molar-refractivity contribution < 1.29 is 4.79 Å². The monoisotopic (exact) mass is 129 g/mol. The summed E-state index contributed by atoms with van der Waals surface area (Å²) in [5.41, 5.74) is 5.64. The van der Waals surface area contributed by atoms with Gasteiger partial charge in [-0.05, 0) is 5.92 Å². The molecule has 0 radical (unpaired) electrons. The van der Waals surface area contributed by atoms with E-state index in [1.54, 1.807) is 0 Å². The SMILES string of the molecule is CC(C)C(N)[C@@H](C)C=O. The molecule has 2 N–H and O–H groups in total. The Kier molecular flexibility index (Phi) is 3.47. The van der Waals surface area contributed by atoms with E-state index in [0.29, 0.717) is 5.92 Å². The number of aldehydes is 1. The highest BCUT2D eigenvalue weighted by Crippen LogP contribution is 2.06. The zero-order valence-electron chi connectivity index (χ0n) is 6.29. The number of rotatable bonds is 3. The maximum atomic E-state index is 10.2. The third-order valence-corrected chi connectivity index (χ3v) is 1.59. The first-order chi connectivity index (χ1) is 4.09. The molecule has 0 rings (SSSR count). The van der Waals surface area contributed by atoms with Crippen LogP contribution in [0, 0.1) is 11.8 Å². The second-order valence-electron chi connectivity index (χ2n) is 2.82. The first kappa shape index (κ1) is 8.63. The minimum absolute atomic E-state index is 0.00926. The molecule has 0 aromatic rings. The van der Waals surface area contributed by atoms with Gasteiger partial charge in [0, 0.05) is 12.0 Å². The molecule has 0 spiro atoms. The Hall–Kier alpha value is -0.370. The van der Waals surface area contributed by atoms with Gasteiger partial charge in [0.05, 0.1) is 0 Å². The van der Waals surface area contributed by atoms with Crippen LogP contribution in [0.3, 0.4) is 0 Å². The highest BCUT2D eigenvalue weighted by molar-refractivity contribution is 5.54. The number of nitrogens with two attached hydrogens (primary N) is 1. The lowest BCUT2D eigenvalue weighted by atomic mass is 9.94. The molecular formula is C7H15NO. The van der Waals surface area contributed by atoms with Crippen LogP contribution in [0.25, 0.3) is 0 Å². The fraction of sp³-hybridized carbons (Fsp3) is 0.857. The topological polar surface area (TPSA) is 43.1 Å². The van der Waals surface area contributed by atoms with Gasteiger partial charge in [0.2, 0.25) is 0 Å². The highest BCUT2D eigenvalue weighted by Gasteiger charge is 2.14. The van der Waals surface area contributed by atoms with Gasteiger partial charge in [-0.25, -0.2) is 0 Å². The van der Waals surface area contributed by atoms with Crippen molar-refractivity contribution in [2.24, 2.45) is 17.6 Å². The van der Waals surface area contributed by atoms with Crippen molar-refractivity contribution in [1.29, 1.82) is 0 Å². The number of carbonyl (C=O) groups excluding carboxylic acids is 1. The third-order valence-electron chi connectivity index (χ3n) is 1.59. The summed E-state index contributed by atoms with van der Waals surface area (Å²) in [6.07, 6.45) is 0.907. The molecule has 2 atom stereocenters. The van der Waals surface area contributed by atoms with E-state index in [1.165, 1.54) is 0 Å². The summed E-state index contributed by atoms with van der Waals surface area (Å²) in [5.74, 6) is 0.384. The maximum Gasteiger partial charge on any atom is 0.124 e. The molecule has 0 aliphatic carbocycles. The van der Waals surface area contributed by atoms with Crippen molar-refractivity contribution in [3.05, 3.63) is 0 Å². The van der Waals surface area contributed by atoms with Crippen molar-refractivity contribution in [3.63, 3.8) is 0 Å². The van der Waals surface area contributed by atoms with E-state index in [-0.39, 0.29) is 12.0 Å². The lowest BCUT2D eigenvalue weighted by Gasteiger charge is -2.17. The normalized spacial score (nSPS) is 17.4. The van der Waals surface area contributed by atoms with Gasteiger partial charge in [-0.1, -0.05) is 20.8 Å². The van der Waals surface area contributed by atoms with Crippen LogP contribution in [0.4, 0.5) is 0 Å². The van der Waals surface area contributed by atoms with Crippen molar-refractivity contribution in [3.8, 4) is 0 Å². The average molecular weight is 129 g/mol. The van der Waals surface area contributed by atoms with E-state index in [4.69, 9.17) is 5.73 Å². The van der Waals surface area contributed by atoms with Crippen LogP contribution in [0.5, 0.6) is 0 Å². The number of hydrogen-bond donors (Lipinski definition) is 1. The zero-order valence-corrected chi connectivity index (χ0v) is 6.29. The van der Waals surface area contributed by atoms with Crippen LogP contribution in [-0.4, -0.2) is 12.3 Å². The first-order valence-electron chi connectivity index (χ1n) is 3.30. The van der Waals surface area contributed by atoms with E-state index < -0.39 is 0 Å². The van der Waals surface area contributed by atoms with Gasteiger partial charge in [0.1, 0.15) is 6.29 Å². The van der Waals surface area contributed by atoms with E-state index in [1.807, 2.05) is 20.8 Å². The molecule has 2 nitrogen and oxygen atoms in total. The molecule has 0 aromatic heterocycles. The first-order valence-corrected chi connectivity index (χ1v) is 3.30. The standard InChI is InChI=1S/C7H15NO/c1-5(2)7(8)6(3)4-9/h4-7H,8H2,1-3H3/t6-,7?/m0/s1. The predicted molar refractivity (Wildman–Crippen MR) is 38.0 cm³/mol. The molecule has 2 heteroatoms. The smallest absolute Gasteiger partial charge is 0.124 e. The fourth-order valence-electron chi connectivity index (χ4n) is 0.698. The van der Waals surface area contributed by atoms with Crippen molar-refractivity contribution >= 4 is 6.29 Å². The Morgan fingerprint density at radius 2 is 1.78 bits per heavy atom. The Morgan fingerprint density at radius 3 is 1.89 bits per heavy atom. The largest absolute Gasteiger partial charge is 0.327 e. The molecule has 0 aliphatic rings. The van der Waals surface area contributed by atoms with Crippen LogP contribution >= 0.6 is 0 Å². The van der Waals surface area contributed by atoms with Crippen LogP contribution < -0.4 is 5.73 Å². The fourth-order valence-corrected chi connectivity index (χ4v) is 0.698. The summed E-state index contributed by atoms with van der Waals surface area (Å²) in [5, 5.41) is 0. The molecule has 1 unspecified atom stereocenters. The van der Waals surface area contributed by atoms with Crippen LogP contribution in [-0.2, 0) is 4.79 Å². The Morgan fingerprint density at radius 1 is 1.33 bits per heavy atom. The highest BCUT2D eigenvalue weighted by atomic mass is 16.1. The summed E-state index contributed by atoms with van der Waals surface area (Å²) in [4.78, 5) is 10.2. The van der Waals surface area contributed by atoms with Gasteiger partial charge < -0.3 is 10.5 Å². The molecule has 9 heavy (non-hydrogen) atoms. The molecule has 54 valence electrons. The minimum Gasteiger partial charge on any atom is -0.327 e. The second kappa shape index (κ2) is 3.62. The number of carbonyl (C=O) groups is 1. The Bertz CT molecular complexity index is 90.9. The number of hydrogen-bond acceptors (Lipinski definition) is 2. The summed E-state index contributed by atoms with van der Waals surface area (Å²) in [7, 11) is 0. The van der Waals surface area contributed by atoms with E-state index in [2.05, 4.69) is 0 Å². The Balaban J connectivity index is 3.71. The van der Waals surface area contributed by atoms with Gasteiger partial charge in [-0.15, -0.1) is 0 Å². The van der Waals surface area contributed by atoms with Crippen LogP contribution in [0.15, 0.2) is 0 Å². The lowest BCUT2D eigenvalue weighted by molar-refractivity contribution is -0.111. The Labute approximate surface area is 56.4 Å². The maximum absolute atomic E-state index is 10.2. The van der Waals surface area contributed by atoms with Crippen LogP contribution in [0.1, 0.15) is 20.8 Å². The molecule has 0 bridgehead atoms. The summed E-state index contributed by atoms with van der Waals surface area (Å²) >= 11 is 0. The molecule has 0 aliphatic heterocycles. The van der Waals surface area contributed by atoms with Gasteiger partial charge in [-0.3, -0.25) is 0 Å². The van der Waals surface area contributed by atoms with E-state index in [0.717, 1.165) is 6.29 Å². The quantitative estimate of drug-likeness (QED) is 0.573.